The Kier molecular flexibility index (Phi) is 5.17. The van der Waals surface area contributed by atoms with Gasteiger partial charge in [-0.2, -0.15) is 4.98 Å². The Morgan fingerprint density at radius 2 is 2.05 bits per heavy atom. The van der Waals surface area contributed by atoms with E-state index in [1.165, 1.54) is 24.1 Å². The molecule has 2 rings (SSSR count). The lowest BCUT2D eigenvalue weighted by atomic mass is 10.1. The zero-order chi connectivity index (χ0) is 14.5. The quantitative estimate of drug-likeness (QED) is 0.748. The minimum Gasteiger partial charge on any atom is -0.369 e. The Morgan fingerprint density at radius 1 is 1.25 bits per heavy atom. The minimum atomic E-state index is 0.684. The van der Waals surface area contributed by atoms with E-state index >= 15 is 0 Å². The van der Waals surface area contributed by atoms with Crippen molar-refractivity contribution >= 4 is 33.3 Å². The van der Waals surface area contributed by atoms with E-state index in [9.17, 15) is 0 Å². The number of rotatable bonds is 7. The van der Waals surface area contributed by atoms with Crippen molar-refractivity contribution in [1.29, 1.82) is 0 Å². The van der Waals surface area contributed by atoms with Gasteiger partial charge in [0.1, 0.15) is 10.6 Å². The number of anilines is 2. The predicted octanol–water partition coefficient (Wildman–Crippen LogP) is 4.28. The standard InChI is InChI=1S/C15H24N4S/c1-10(2)7-5-6-8-17-13-12-9-11(3)20-14(12)19-15(16-4)18-13/h9-10H,5-8H2,1-4H3,(H2,16,17,18,19). The van der Waals surface area contributed by atoms with E-state index < -0.39 is 0 Å². The van der Waals surface area contributed by atoms with Crippen molar-refractivity contribution in [2.75, 3.05) is 24.2 Å². The molecule has 110 valence electrons. The van der Waals surface area contributed by atoms with Crippen LogP contribution in [0.3, 0.4) is 0 Å². The molecular formula is C15H24N4S. The molecule has 0 bridgehead atoms. The van der Waals surface area contributed by atoms with Gasteiger partial charge in [0.25, 0.3) is 0 Å². The van der Waals surface area contributed by atoms with E-state index in [-0.39, 0.29) is 0 Å². The van der Waals surface area contributed by atoms with Crippen LogP contribution in [0.2, 0.25) is 0 Å². The summed E-state index contributed by atoms with van der Waals surface area (Å²) >= 11 is 1.71. The first kappa shape index (κ1) is 15.0. The Morgan fingerprint density at radius 3 is 2.75 bits per heavy atom. The number of hydrogen-bond donors (Lipinski definition) is 2. The Balaban J connectivity index is 2.04. The second kappa shape index (κ2) is 6.88. The van der Waals surface area contributed by atoms with Crippen LogP contribution in [0.4, 0.5) is 11.8 Å². The third-order valence-electron chi connectivity index (χ3n) is 3.24. The molecule has 0 amide bonds. The molecule has 5 heteroatoms. The summed E-state index contributed by atoms with van der Waals surface area (Å²) in [6, 6.07) is 2.16. The molecule has 0 aliphatic rings. The van der Waals surface area contributed by atoms with Crippen molar-refractivity contribution in [3.63, 3.8) is 0 Å². The number of thiophene rings is 1. The summed E-state index contributed by atoms with van der Waals surface area (Å²) in [5.41, 5.74) is 0. The molecule has 0 saturated carbocycles. The van der Waals surface area contributed by atoms with Gasteiger partial charge in [0.2, 0.25) is 5.95 Å². The second-order valence-corrected chi connectivity index (χ2v) is 6.77. The van der Waals surface area contributed by atoms with Crippen LogP contribution in [0.5, 0.6) is 0 Å². The highest BCUT2D eigenvalue weighted by molar-refractivity contribution is 7.18. The van der Waals surface area contributed by atoms with Crippen LogP contribution in [0.1, 0.15) is 38.0 Å². The predicted molar refractivity (Wildman–Crippen MR) is 88.9 cm³/mol. The molecular weight excluding hydrogens is 268 g/mol. The van der Waals surface area contributed by atoms with E-state index in [1.807, 2.05) is 7.05 Å². The van der Waals surface area contributed by atoms with Crippen molar-refractivity contribution in [3.05, 3.63) is 10.9 Å². The third-order valence-corrected chi connectivity index (χ3v) is 4.18. The van der Waals surface area contributed by atoms with Gasteiger partial charge in [-0.15, -0.1) is 11.3 Å². The largest absolute Gasteiger partial charge is 0.369 e. The number of nitrogens with one attached hydrogen (secondary N) is 2. The minimum absolute atomic E-state index is 0.684. The topological polar surface area (TPSA) is 49.8 Å². The van der Waals surface area contributed by atoms with Gasteiger partial charge >= 0.3 is 0 Å². The van der Waals surface area contributed by atoms with Crippen LogP contribution in [0, 0.1) is 12.8 Å². The molecule has 20 heavy (non-hydrogen) atoms. The monoisotopic (exact) mass is 292 g/mol. The van der Waals surface area contributed by atoms with Crippen LogP contribution in [-0.2, 0) is 0 Å². The molecule has 2 aromatic heterocycles. The number of aromatic nitrogens is 2. The van der Waals surface area contributed by atoms with Gasteiger partial charge in [-0.05, 0) is 25.3 Å². The summed E-state index contributed by atoms with van der Waals surface area (Å²) in [7, 11) is 1.86. The average molecular weight is 292 g/mol. The summed E-state index contributed by atoms with van der Waals surface area (Å²) < 4.78 is 0. The van der Waals surface area contributed by atoms with Gasteiger partial charge in [-0.3, -0.25) is 0 Å². The molecule has 0 aromatic carbocycles. The molecule has 2 N–H and O–H groups in total. The van der Waals surface area contributed by atoms with Crippen molar-refractivity contribution < 1.29 is 0 Å². The molecule has 2 heterocycles. The summed E-state index contributed by atoms with van der Waals surface area (Å²) in [4.78, 5) is 11.4. The van der Waals surface area contributed by atoms with Crippen molar-refractivity contribution in [1.82, 2.24) is 9.97 Å². The number of aryl methyl sites for hydroxylation is 1. The Hall–Kier alpha value is -1.36. The highest BCUT2D eigenvalue weighted by Gasteiger charge is 2.09. The van der Waals surface area contributed by atoms with Crippen LogP contribution in [-0.4, -0.2) is 23.6 Å². The molecule has 2 aromatic rings. The van der Waals surface area contributed by atoms with E-state index in [4.69, 9.17) is 0 Å². The molecule has 0 spiro atoms. The van der Waals surface area contributed by atoms with E-state index in [1.54, 1.807) is 11.3 Å². The molecule has 0 aliphatic carbocycles. The van der Waals surface area contributed by atoms with Crippen LogP contribution in [0.15, 0.2) is 6.07 Å². The maximum atomic E-state index is 4.54. The maximum absolute atomic E-state index is 4.54. The van der Waals surface area contributed by atoms with Gasteiger partial charge in [-0.1, -0.05) is 26.7 Å². The summed E-state index contributed by atoms with van der Waals surface area (Å²) in [5, 5.41) is 7.63. The number of unbranched alkanes of at least 4 members (excludes halogenated alkanes) is 1. The lowest BCUT2D eigenvalue weighted by Gasteiger charge is -2.09. The molecule has 0 aliphatic heterocycles. The molecule has 0 fully saturated rings. The summed E-state index contributed by atoms with van der Waals surface area (Å²) in [6.45, 7) is 7.62. The normalized spacial score (nSPS) is 11.2. The molecule has 0 unspecified atom stereocenters. The van der Waals surface area contributed by atoms with Gasteiger partial charge in [0, 0.05) is 18.5 Å². The van der Waals surface area contributed by atoms with Gasteiger partial charge < -0.3 is 10.6 Å². The number of nitrogens with zero attached hydrogens (tertiary/aromatic N) is 2. The fourth-order valence-corrected chi connectivity index (χ4v) is 3.05. The Bertz CT molecular complexity index is 562. The summed E-state index contributed by atoms with van der Waals surface area (Å²) in [5.74, 6) is 2.42. The fourth-order valence-electron chi connectivity index (χ4n) is 2.17. The van der Waals surface area contributed by atoms with Crippen LogP contribution in [0.25, 0.3) is 10.2 Å². The second-order valence-electron chi connectivity index (χ2n) is 5.54. The zero-order valence-electron chi connectivity index (χ0n) is 12.8. The van der Waals surface area contributed by atoms with E-state index in [0.717, 1.165) is 28.5 Å². The highest BCUT2D eigenvalue weighted by atomic mass is 32.1. The zero-order valence-corrected chi connectivity index (χ0v) is 13.6. The van der Waals surface area contributed by atoms with Gasteiger partial charge in [0.15, 0.2) is 0 Å². The SMILES string of the molecule is CNc1nc(NCCCCC(C)C)c2cc(C)sc2n1. The maximum Gasteiger partial charge on any atom is 0.225 e. The number of fused-ring (bicyclic) bond motifs is 1. The fraction of sp³-hybridized carbons (Fsp3) is 0.600. The Labute approximate surface area is 125 Å². The highest BCUT2D eigenvalue weighted by Crippen LogP contribution is 2.29. The first-order valence-corrected chi connectivity index (χ1v) is 8.11. The van der Waals surface area contributed by atoms with Gasteiger partial charge in [0.05, 0.1) is 5.39 Å². The third kappa shape index (κ3) is 3.82. The number of hydrogen-bond acceptors (Lipinski definition) is 5. The lowest BCUT2D eigenvalue weighted by molar-refractivity contribution is 0.544. The van der Waals surface area contributed by atoms with Crippen LogP contribution >= 0.6 is 11.3 Å². The molecule has 0 saturated heterocycles. The van der Waals surface area contributed by atoms with Crippen molar-refractivity contribution in [2.45, 2.75) is 40.0 Å². The van der Waals surface area contributed by atoms with Crippen LogP contribution < -0.4 is 10.6 Å². The molecule has 0 atom stereocenters. The molecule has 0 radical (unpaired) electrons. The van der Waals surface area contributed by atoms with Crippen molar-refractivity contribution in [2.24, 2.45) is 5.92 Å². The molecule has 4 nitrogen and oxygen atoms in total. The van der Waals surface area contributed by atoms with E-state index in [0.29, 0.717) is 5.95 Å². The lowest BCUT2D eigenvalue weighted by Crippen LogP contribution is -2.06. The van der Waals surface area contributed by atoms with Gasteiger partial charge in [-0.25, -0.2) is 4.98 Å². The average Bonchev–Trinajstić information content (AvgIpc) is 2.78. The first-order valence-electron chi connectivity index (χ1n) is 7.30. The van der Waals surface area contributed by atoms with Crippen molar-refractivity contribution in [3.8, 4) is 0 Å². The smallest absolute Gasteiger partial charge is 0.225 e. The summed E-state index contributed by atoms with van der Waals surface area (Å²) in [6.07, 6.45) is 3.74. The first-order chi connectivity index (χ1) is 9.60. The van der Waals surface area contributed by atoms with E-state index in [2.05, 4.69) is 47.4 Å².